The zero-order valence-electron chi connectivity index (χ0n) is 10.0. The molecule has 1 aromatic rings. The van der Waals surface area contributed by atoms with Crippen molar-refractivity contribution < 1.29 is 23.4 Å². The molecule has 3 nitrogen and oxygen atoms in total. The topological polar surface area (TPSA) is 46.5 Å². The quantitative estimate of drug-likeness (QED) is 0.904. The van der Waals surface area contributed by atoms with Crippen LogP contribution < -0.4 is 4.74 Å². The standard InChI is InChI=1S/C13H14F2O3/c1-18-10-7-8(14)6-9(11(10)15)13(12(16)17)4-2-3-5-13/h6-7H,2-5H2,1H3,(H,16,17). The van der Waals surface area contributed by atoms with Crippen LogP contribution in [-0.2, 0) is 10.2 Å². The third-order valence-electron chi connectivity index (χ3n) is 3.61. The number of hydrogen-bond donors (Lipinski definition) is 1. The summed E-state index contributed by atoms with van der Waals surface area (Å²) >= 11 is 0. The van der Waals surface area contributed by atoms with E-state index in [1.54, 1.807) is 0 Å². The van der Waals surface area contributed by atoms with Gasteiger partial charge in [-0.3, -0.25) is 4.79 Å². The Bertz CT molecular complexity index is 479. The molecule has 1 saturated carbocycles. The maximum atomic E-state index is 14.2. The normalized spacial score (nSPS) is 17.7. The van der Waals surface area contributed by atoms with E-state index < -0.39 is 23.0 Å². The molecule has 5 heteroatoms. The second-order valence-electron chi connectivity index (χ2n) is 4.56. The molecule has 0 aromatic heterocycles. The Kier molecular flexibility index (Phi) is 3.24. The van der Waals surface area contributed by atoms with Gasteiger partial charge in [-0.2, -0.15) is 0 Å². The Hall–Kier alpha value is -1.65. The number of carboxylic acids is 1. The number of carboxylic acid groups (broad SMARTS) is 1. The van der Waals surface area contributed by atoms with Gasteiger partial charge in [-0.1, -0.05) is 12.8 Å². The summed E-state index contributed by atoms with van der Waals surface area (Å²) in [7, 11) is 1.23. The van der Waals surface area contributed by atoms with E-state index in [0.717, 1.165) is 12.1 Å². The molecule has 0 bridgehead atoms. The summed E-state index contributed by atoms with van der Waals surface area (Å²) in [4.78, 5) is 11.5. The predicted molar refractivity (Wildman–Crippen MR) is 60.7 cm³/mol. The molecule has 0 atom stereocenters. The first-order valence-electron chi connectivity index (χ1n) is 5.78. The van der Waals surface area contributed by atoms with E-state index in [1.807, 2.05) is 0 Å². The van der Waals surface area contributed by atoms with Gasteiger partial charge < -0.3 is 9.84 Å². The van der Waals surface area contributed by atoms with Gasteiger partial charge in [0.25, 0.3) is 0 Å². The van der Waals surface area contributed by atoms with Crippen molar-refractivity contribution in [3.8, 4) is 5.75 Å². The number of hydrogen-bond acceptors (Lipinski definition) is 2. The number of rotatable bonds is 3. The lowest BCUT2D eigenvalue weighted by Crippen LogP contribution is -2.33. The predicted octanol–water partition coefficient (Wildman–Crippen LogP) is 2.87. The van der Waals surface area contributed by atoms with Gasteiger partial charge in [-0.25, -0.2) is 8.78 Å². The molecule has 2 rings (SSSR count). The van der Waals surface area contributed by atoms with E-state index >= 15 is 0 Å². The van der Waals surface area contributed by atoms with Gasteiger partial charge in [0.05, 0.1) is 12.5 Å². The largest absolute Gasteiger partial charge is 0.494 e. The van der Waals surface area contributed by atoms with E-state index in [2.05, 4.69) is 0 Å². The van der Waals surface area contributed by atoms with Gasteiger partial charge in [-0.15, -0.1) is 0 Å². The van der Waals surface area contributed by atoms with Crippen molar-refractivity contribution in [2.75, 3.05) is 7.11 Å². The molecular formula is C13H14F2O3. The molecule has 0 amide bonds. The summed E-state index contributed by atoms with van der Waals surface area (Å²) in [5.41, 5.74) is -1.43. The maximum absolute atomic E-state index is 14.2. The van der Waals surface area contributed by atoms with Gasteiger partial charge in [0, 0.05) is 11.6 Å². The average molecular weight is 256 g/mol. The van der Waals surface area contributed by atoms with Gasteiger partial charge >= 0.3 is 5.97 Å². The van der Waals surface area contributed by atoms with Crippen molar-refractivity contribution in [1.29, 1.82) is 0 Å². The summed E-state index contributed by atoms with van der Waals surface area (Å²) in [6.07, 6.45) is 2.05. The molecule has 0 saturated heterocycles. The minimum atomic E-state index is -1.32. The van der Waals surface area contributed by atoms with Crippen molar-refractivity contribution in [3.05, 3.63) is 29.3 Å². The smallest absolute Gasteiger partial charge is 0.314 e. The molecule has 1 aliphatic rings. The number of benzene rings is 1. The monoisotopic (exact) mass is 256 g/mol. The lowest BCUT2D eigenvalue weighted by molar-refractivity contribution is -0.143. The van der Waals surface area contributed by atoms with Crippen molar-refractivity contribution >= 4 is 5.97 Å². The number of ether oxygens (including phenoxy) is 1. The number of methoxy groups -OCH3 is 1. The Morgan fingerprint density at radius 2 is 1.94 bits per heavy atom. The van der Waals surface area contributed by atoms with Crippen LogP contribution in [0.2, 0.25) is 0 Å². The van der Waals surface area contributed by atoms with Crippen LogP contribution in [0.4, 0.5) is 8.78 Å². The summed E-state index contributed by atoms with van der Waals surface area (Å²) in [5.74, 6) is -2.82. The van der Waals surface area contributed by atoms with E-state index in [0.29, 0.717) is 25.7 Å². The molecule has 0 spiro atoms. The van der Waals surface area contributed by atoms with Crippen LogP contribution in [0.25, 0.3) is 0 Å². The summed E-state index contributed by atoms with van der Waals surface area (Å²) in [5, 5.41) is 9.37. The van der Waals surface area contributed by atoms with Crippen LogP contribution in [0.1, 0.15) is 31.2 Å². The first-order valence-corrected chi connectivity index (χ1v) is 5.78. The molecule has 18 heavy (non-hydrogen) atoms. The third kappa shape index (κ3) is 1.83. The van der Waals surface area contributed by atoms with Crippen molar-refractivity contribution in [2.24, 2.45) is 0 Å². The fourth-order valence-electron chi connectivity index (χ4n) is 2.64. The number of carbonyl (C=O) groups is 1. The molecular weight excluding hydrogens is 242 g/mol. The minimum Gasteiger partial charge on any atom is -0.494 e. The molecule has 1 aromatic carbocycles. The van der Waals surface area contributed by atoms with Crippen molar-refractivity contribution in [1.82, 2.24) is 0 Å². The van der Waals surface area contributed by atoms with E-state index in [-0.39, 0.29) is 11.3 Å². The van der Waals surface area contributed by atoms with Crippen LogP contribution in [0.5, 0.6) is 5.75 Å². The van der Waals surface area contributed by atoms with E-state index in [1.165, 1.54) is 7.11 Å². The molecule has 98 valence electrons. The molecule has 0 unspecified atom stereocenters. The fourth-order valence-corrected chi connectivity index (χ4v) is 2.64. The third-order valence-corrected chi connectivity index (χ3v) is 3.61. The number of aliphatic carboxylic acids is 1. The van der Waals surface area contributed by atoms with E-state index in [4.69, 9.17) is 4.74 Å². The summed E-state index contributed by atoms with van der Waals surface area (Å²) in [6.45, 7) is 0. The molecule has 1 fully saturated rings. The van der Waals surface area contributed by atoms with Crippen LogP contribution in [-0.4, -0.2) is 18.2 Å². The minimum absolute atomic E-state index is 0.107. The van der Waals surface area contributed by atoms with Gasteiger partial charge in [0.2, 0.25) is 0 Å². The van der Waals surface area contributed by atoms with Crippen molar-refractivity contribution in [3.63, 3.8) is 0 Å². The van der Waals surface area contributed by atoms with Crippen LogP contribution >= 0.6 is 0 Å². The second kappa shape index (κ2) is 4.55. The lowest BCUT2D eigenvalue weighted by atomic mass is 9.78. The van der Waals surface area contributed by atoms with Gasteiger partial charge in [0.1, 0.15) is 5.82 Å². The Morgan fingerprint density at radius 3 is 2.44 bits per heavy atom. The molecule has 0 aliphatic heterocycles. The highest BCUT2D eigenvalue weighted by molar-refractivity contribution is 5.82. The zero-order chi connectivity index (χ0) is 13.3. The Labute approximate surface area is 103 Å². The van der Waals surface area contributed by atoms with Gasteiger partial charge in [-0.05, 0) is 18.9 Å². The fraction of sp³-hybridized carbons (Fsp3) is 0.462. The van der Waals surface area contributed by atoms with Crippen molar-refractivity contribution in [2.45, 2.75) is 31.1 Å². The van der Waals surface area contributed by atoms with Crippen LogP contribution in [0.3, 0.4) is 0 Å². The molecule has 1 N–H and O–H groups in total. The summed E-state index contributed by atoms with van der Waals surface area (Å²) < 4.78 is 32.3. The average Bonchev–Trinajstić information content (AvgIpc) is 2.82. The van der Waals surface area contributed by atoms with Gasteiger partial charge in [0.15, 0.2) is 11.6 Å². The first kappa shape index (κ1) is 12.8. The maximum Gasteiger partial charge on any atom is 0.314 e. The Morgan fingerprint density at radius 1 is 1.33 bits per heavy atom. The zero-order valence-corrected chi connectivity index (χ0v) is 10.0. The SMILES string of the molecule is COc1cc(F)cc(C2(C(=O)O)CCCC2)c1F. The summed E-state index contributed by atoms with van der Waals surface area (Å²) in [6, 6.07) is 1.89. The highest BCUT2D eigenvalue weighted by atomic mass is 19.1. The molecule has 0 radical (unpaired) electrons. The highest BCUT2D eigenvalue weighted by Gasteiger charge is 2.45. The van der Waals surface area contributed by atoms with Crippen LogP contribution in [0.15, 0.2) is 12.1 Å². The first-order chi connectivity index (χ1) is 8.51. The second-order valence-corrected chi connectivity index (χ2v) is 4.56. The van der Waals surface area contributed by atoms with E-state index in [9.17, 15) is 18.7 Å². The lowest BCUT2D eigenvalue weighted by Gasteiger charge is -2.25. The Balaban J connectivity index is 2.61. The number of halogens is 2. The molecule has 1 aliphatic carbocycles. The highest BCUT2D eigenvalue weighted by Crippen LogP contribution is 2.44. The van der Waals surface area contributed by atoms with Crippen LogP contribution in [0, 0.1) is 11.6 Å². The molecule has 0 heterocycles.